The fourth-order valence-electron chi connectivity index (χ4n) is 2.21. The molecule has 0 saturated carbocycles. The number of hydrogen-bond acceptors (Lipinski definition) is 3. The van der Waals surface area contributed by atoms with Gasteiger partial charge in [0.1, 0.15) is 5.75 Å². The minimum atomic E-state index is -0.173. The normalized spacial score (nSPS) is 10.0. The van der Waals surface area contributed by atoms with Crippen molar-refractivity contribution in [2.45, 2.75) is 20.4 Å². The van der Waals surface area contributed by atoms with E-state index >= 15 is 0 Å². The summed E-state index contributed by atoms with van der Waals surface area (Å²) in [5.41, 5.74) is 3.14. The van der Waals surface area contributed by atoms with E-state index in [0.29, 0.717) is 23.5 Å². The van der Waals surface area contributed by atoms with Gasteiger partial charge in [-0.05, 0) is 42.3 Å². The number of rotatable bonds is 5. The Morgan fingerprint density at radius 3 is 2.61 bits per heavy atom. The summed E-state index contributed by atoms with van der Waals surface area (Å²) in [5, 5.41) is 5.58. The molecule has 5 nitrogen and oxygen atoms in total. The Morgan fingerprint density at radius 1 is 1.13 bits per heavy atom. The summed E-state index contributed by atoms with van der Waals surface area (Å²) in [6, 6.07) is 12.7. The van der Waals surface area contributed by atoms with E-state index in [1.165, 1.54) is 6.92 Å². The molecular weight excluding hydrogens is 292 g/mol. The van der Waals surface area contributed by atoms with Gasteiger partial charge in [0, 0.05) is 24.7 Å². The molecule has 2 amide bonds. The maximum absolute atomic E-state index is 12.2. The molecule has 0 unspecified atom stereocenters. The van der Waals surface area contributed by atoms with E-state index in [1.54, 1.807) is 25.3 Å². The molecule has 0 aliphatic rings. The molecule has 5 heteroatoms. The van der Waals surface area contributed by atoms with E-state index in [1.807, 2.05) is 31.2 Å². The Bertz CT molecular complexity index is 726. The fraction of sp³-hybridized carbons (Fsp3) is 0.222. The number of nitrogens with one attached hydrogen (secondary N) is 2. The second-order valence-corrected chi connectivity index (χ2v) is 5.25. The van der Waals surface area contributed by atoms with Crippen LogP contribution in [0.25, 0.3) is 0 Å². The molecule has 23 heavy (non-hydrogen) atoms. The van der Waals surface area contributed by atoms with Crippen molar-refractivity contribution in [1.29, 1.82) is 0 Å². The first-order valence-electron chi connectivity index (χ1n) is 7.29. The number of benzene rings is 2. The predicted octanol–water partition coefficient (Wildman–Crippen LogP) is 2.89. The molecule has 2 aromatic carbocycles. The summed E-state index contributed by atoms with van der Waals surface area (Å²) in [5.74, 6) is 0.386. The van der Waals surface area contributed by atoms with Crippen LogP contribution < -0.4 is 15.4 Å². The van der Waals surface area contributed by atoms with Crippen LogP contribution in [0.2, 0.25) is 0 Å². The monoisotopic (exact) mass is 312 g/mol. The van der Waals surface area contributed by atoms with Gasteiger partial charge in [-0.15, -0.1) is 0 Å². The Morgan fingerprint density at radius 2 is 1.91 bits per heavy atom. The largest absolute Gasteiger partial charge is 0.496 e. The summed E-state index contributed by atoms with van der Waals surface area (Å²) in [6.45, 7) is 3.76. The van der Waals surface area contributed by atoms with E-state index in [0.717, 1.165) is 11.1 Å². The highest BCUT2D eigenvalue weighted by Gasteiger charge is 2.08. The average Bonchev–Trinajstić information content (AvgIpc) is 2.53. The lowest BCUT2D eigenvalue weighted by Crippen LogP contribution is -2.23. The van der Waals surface area contributed by atoms with Crippen molar-refractivity contribution in [2.75, 3.05) is 12.4 Å². The number of methoxy groups -OCH3 is 1. The van der Waals surface area contributed by atoms with E-state index in [4.69, 9.17) is 4.74 Å². The minimum Gasteiger partial charge on any atom is -0.496 e. The highest BCUT2D eigenvalue weighted by Crippen LogP contribution is 2.19. The summed E-state index contributed by atoms with van der Waals surface area (Å²) in [7, 11) is 1.58. The lowest BCUT2D eigenvalue weighted by Gasteiger charge is -2.10. The third kappa shape index (κ3) is 4.57. The van der Waals surface area contributed by atoms with Crippen LogP contribution in [-0.2, 0) is 11.3 Å². The lowest BCUT2D eigenvalue weighted by atomic mass is 10.1. The molecule has 0 aliphatic carbocycles. The van der Waals surface area contributed by atoms with Gasteiger partial charge < -0.3 is 15.4 Å². The number of carbonyl (C=O) groups excluding carboxylic acids is 2. The Balaban J connectivity index is 2.03. The van der Waals surface area contributed by atoms with E-state index in [9.17, 15) is 9.59 Å². The number of carbonyl (C=O) groups is 2. The predicted molar refractivity (Wildman–Crippen MR) is 89.6 cm³/mol. The molecule has 2 aromatic rings. The van der Waals surface area contributed by atoms with Gasteiger partial charge in [-0.3, -0.25) is 9.59 Å². The average molecular weight is 312 g/mol. The van der Waals surface area contributed by atoms with Crippen LogP contribution >= 0.6 is 0 Å². The van der Waals surface area contributed by atoms with Crippen LogP contribution in [0.15, 0.2) is 42.5 Å². The van der Waals surface area contributed by atoms with Crippen LogP contribution in [0, 0.1) is 6.92 Å². The zero-order chi connectivity index (χ0) is 16.8. The molecule has 0 aromatic heterocycles. The van der Waals surface area contributed by atoms with E-state index in [-0.39, 0.29) is 11.8 Å². The second kappa shape index (κ2) is 7.45. The third-order valence-electron chi connectivity index (χ3n) is 3.37. The summed E-state index contributed by atoms with van der Waals surface area (Å²) in [6.07, 6.45) is 0. The molecular formula is C18H20N2O3. The molecule has 120 valence electrons. The fourth-order valence-corrected chi connectivity index (χ4v) is 2.21. The van der Waals surface area contributed by atoms with Gasteiger partial charge in [-0.2, -0.15) is 0 Å². The summed E-state index contributed by atoms with van der Waals surface area (Å²) < 4.78 is 5.23. The van der Waals surface area contributed by atoms with E-state index in [2.05, 4.69) is 10.6 Å². The number of amides is 2. The molecule has 2 N–H and O–H groups in total. The van der Waals surface area contributed by atoms with E-state index < -0.39 is 0 Å². The highest BCUT2D eigenvalue weighted by molar-refractivity contribution is 5.94. The Kier molecular flexibility index (Phi) is 5.36. The highest BCUT2D eigenvalue weighted by atomic mass is 16.5. The quantitative estimate of drug-likeness (QED) is 0.892. The van der Waals surface area contributed by atoms with Crippen LogP contribution in [0.5, 0.6) is 5.75 Å². The number of anilines is 1. The maximum atomic E-state index is 12.2. The van der Waals surface area contributed by atoms with Crippen molar-refractivity contribution in [3.8, 4) is 5.75 Å². The summed E-state index contributed by atoms with van der Waals surface area (Å²) in [4.78, 5) is 23.3. The second-order valence-electron chi connectivity index (χ2n) is 5.25. The minimum absolute atomic E-state index is 0.127. The molecule has 0 radical (unpaired) electrons. The molecule has 2 rings (SSSR count). The topological polar surface area (TPSA) is 67.4 Å². The zero-order valence-electron chi connectivity index (χ0n) is 13.5. The lowest BCUT2D eigenvalue weighted by molar-refractivity contribution is -0.114. The standard InChI is InChI=1S/C18H20N2O3/c1-12-7-8-15(10-17(12)23-3)18(22)19-11-14-5-4-6-16(9-14)20-13(2)21/h4-10H,11H2,1-3H3,(H,19,22)(H,20,21). The van der Waals surface area contributed by atoms with Crippen LogP contribution in [0.1, 0.15) is 28.4 Å². The molecule has 0 heterocycles. The van der Waals surface area contributed by atoms with Crippen molar-refractivity contribution < 1.29 is 14.3 Å². The Hall–Kier alpha value is -2.82. The van der Waals surface area contributed by atoms with Gasteiger partial charge in [0.05, 0.1) is 7.11 Å². The van der Waals surface area contributed by atoms with Gasteiger partial charge in [0.25, 0.3) is 5.91 Å². The molecule has 0 fully saturated rings. The van der Waals surface area contributed by atoms with Crippen molar-refractivity contribution in [3.63, 3.8) is 0 Å². The molecule has 0 bridgehead atoms. The first-order valence-corrected chi connectivity index (χ1v) is 7.29. The molecule has 0 atom stereocenters. The smallest absolute Gasteiger partial charge is 0.251 e. The zero-order valence-corrected chi connectivity index (χ0v) is 13.5. The Labute approximate surface area is 135 Å². The number of ether oxygens (including phenoxy) is 1. The molecule has 0 aliphatic heterocycles. The number of aryl methyl sites for hydroxylation is 1. The third-order valence-corrected chi connectivity index (χ3v) is 3.37. The van der Waals surface area contributed by atoms with Crippen molar-refractivity contribution in [1.82, 2.24) is 5.32 Å². The van der Waals surface area contributed by atoms with Crippen LogP contribution in [0.4, 0.5) is 5.69 Å². The number of hydrogen-bond donors (Lipinski definition) is 2. The van der Waals surface area contributed by atoms with Gasteiger partial charge >= 0.3 is 0 Å². The molecule has 0 spiro atoms. The van der Waals surface area contributed by atoms with Crippen LogP contribution in [0.3, 0.4) is 0 Å². The van der Waals surface area contributed by atoms with Gasteiger partial charge in [-0.25, -0.2) is 0 Å². The van der Waals surface area contributed by atoms with Gasteiger partial charge in [-0.1, -0.05) is 18.2 Å². The maximum Gasteiger partial charge on any atom is 0.251 e. The van der Waals surface area contributed by atoms with Crippen LogP contribution in [-0.4, -0.2) is 18.9 Å². The van der Waals surface area contributed by atoms with Gasteiger partial charge in [0.2, 0.25) is 5.91 Å². The van der Waals surface area contributed by atoms with Crippen molar-refractivity contribution in [3.05, 3.63) is 59.2 Å². The first-order chi connectivity index (χ1) is 11.0. The van der Waals surface area contributed by atoms with Crippen molar-refractivity contribution in [2.24, 2.45) is 0 Å². The van der Waals surface area contributed by atoms with Crippen molar-refractivity contribution >= 4 is 17.5 Å². The SMILES string of the molecule is COc1cc(C(=O)NCc2cccc(NC(C)=O)c2)ccc1C. The van der Waals surface area contributed by atoms with Gasteiger partial charge in [0.15, 0.2) is 0 Å². The summed E-state index contributed by atoms with van der Waals surface area (Å²) >= 11 is 0. The first kappa shape index (κ1) is 16.5. The molecule has 0 saturated heterocycles.